The van der Waals surface area contributed by atoms with Gasteiger partial charge >= 0.3 is 6.03 Å². The molecule has 1 rings (SSSR count). The first kappa shape index (κ1) is 17.2. The molecule has 0 radical (unpaired) electrons. The van der Waals surface area contributed by atoms with Crippen molar-refractivity contribution in [1.29, 1.82) is 0 Å². The molecule has 0 spiro atoms. The van der Waals surface area contributed by atoms with E-state index in [-0.39, 0.29) is 24.9 Å². The van der Waals surface area contributed by atoms with E-state index in [1.807, 2.05) is 0 Å². The quantitative estimate of drug-likeness (QED) is 0.786. The smallest absolute Gasteiger partial charge is 0.317 e. The summed E-state index contributed by atoms with van der Waals surface area (Å²) in [5, 5.41) is 2.68. The van der Waals surface area contributed by atoms with E-state index >= 15 is 0 Å². The standard InChI is InChI=1S/C15H22F2N2O2/c1-4-11(2)10-19(3)15(20)18-7-8-21-14-6-5-12(16)9-13(14)17/h5-6,9,11H,4,7-8,10H2,1-3H3,(H,18,20). The molecule has 0 aliphatic heterocycles. The van der Waals surface area contributed by atoms with Gasteiger partial charge < -0.3 is 15.0 Å². The summed E-state index contributed by atoms with van der Waals surface area (Å²) in [6.07, 6.45) is 1.00. The highest BCUT2D eigenvalue weighted by molar-refractivity contribution is 5.73. The third-order valence-corrected chi connectivity index (χ3v) is 3.16. The molecule has 0 bridgehead atoms. The van der Waals surface area contributed by atoms with Crippen LogP contribution < -0.4 is 10.1 Å². The average molecular weight is 300 g/mol. The zero-order chi connectivity index (χ0) is 15.8. The van der Waals surface area contributed by atoms with Gasteiger partial charge in [0.1, 0.15) is 12.4 Å². The van der Waals surface area contributed by atoms with Gasteiger partial charge in [0.15, 0.2) is 11.6 Å². The van der Waals surface area contributed by atoms with Gasteiger partial charge in [0.2, 0.25) is 0 Å². The first-order chi connectivity index (χ1) is 9.93. The van der Waals surface area contributed by atoms with Gasteiger partial charge in [0, 0.05) is 19.7 Å². The Morgan fingerprint density at radius 2 is 2.14 bits per heavy atom. The van der Waals surface area contributed by atoms with E-state index in [2.05, 4.69) is 19.2 Å². The lowest BCUT2D eigenvalue weighted by Crippen LogP contribution is -2.41. The van der Waals surface area contributed by atoms with E-state index in [4.69, 9.17) is 4.74 Å². The number of nitrogens with one attached hydrogen (secondary N) is 1. The number of rotatable bonds is 7. The third kappa shape index (κ3) is 5.97. The molecule has 4 nitrogen and oxygen atoms in total. The molecule has 0 fully saturated rings. The number of urea groups is 1. The van der Waals surface area contributed by atoms with E-state index in [0.29, 0.717) is 12.5 Å². The number of carbonyl (C=O) groups is 1. The van der Waals surface area contributed by atoms with Gasteiger partial charge in [0.25, 0.3) is 0 Å². The SMILES string of the molecule is CCC(C)CN(C)C(=O)NCCOc1ccc(F)cc1F. The van der Waals surface area contributed by atoms with Gasteiger partial charge in [-0.15, -0.1) is 0 Å². The molecule has 0 aliphatic rings. The molecule has 0 saturated carbocycles. The van der Waals surface area contributed by atoms with Crippen LogP contribution in [0.1, 0.15) is 20.3 Å². The summed E-state index contributed by atoms with van der Waals surface area (Å²) in [7, 11) is 1.72. The van der Waals surface area contributed by atoms with Crippen molar-refractivity contribution >= 4 is 6.03 Å². The van der Waals surface area contributed by atoms with Crippen LogP contribution in [0.3, 0.4) is 0 Å². The summed E-state index contributed by atoms with van der Waals surface area (Å²) in [6.45, 7) is 5.19. The third-order valence-electron chi connectivity index (χ3n) is 3.16. The first-order valence-electron chi connectivity index (χ1n) is 7.00. The highest BCUT2D eigenvalue weighted by Crippen LogP contribution is 2.17. The Morgan fingerprint density at radius 1 is 1.43 bits per heavy atom. The summed E-state index contributed by atoms with van der Waals surface area (Å²) in [6, 6.07) is 2.91. The Bertz CT molecular complexity index is 469. The van der Waals surface area contributed by atoms with E-state index in [1.54, 1.807) is 11.9 Å². The Labute approximate surface area is 124 Å². The molecule has 6 heteroatoms. The number of carbonyl (C=O) groups excluding carboxylic acids is 1. The Morgan fingerprint density at radius 3 is 2.76 bits per heavy atom. The first-order valence-corrected chi connectivity index (χ1v) is 7.00. The van der Waals surface area contributed by atoms with Crippen LogP contribution in [0.2, 0.25) is 0 Å². The van der Waals surface area contributed by atoms with E-state index in [1.165, 1.54) is 6.07 Å². The number of halogens is 2. The molecule has 1 atom stereocenters. The molecule has 0 heterocycles. The van der Waals surface area contributed by atoms with Crippen LogP contribution in [0.5, 0.6) is 5.75 Å². The largest absolute Gasteiger partial charge is 0.489 e. The van der Waals surface area contributed by atoms with Gasteiger partial charge in [0.05, 0.1) is 6.54 Å². The Hall–Kier alpha value is -1.85. The minimum Gasteiger partial charge on any atom is -0.489 e. The second-order valence-corrected chi connectivity index (χ2v) is 5.05. The molecule has 0 aromatic heterocycles. The van der Waals surface area contributed by atoms with Crippen molar-refractivity contribution in [3.05, 3.63) is 29.8 Å². The number of hydrogen-bond acceptors (Lipinski definition) is 2. The summed E-state index contributed by atoms with van der Waals surface area (Å²) in [4.78, 5) is 13.4. The normalized spacial score (nSPS) is 11.9. The lowest BCUT2D eigenvalue weighted by Gasteiger charge is -2.21. The molecular formula is C15H22F2N2O2. The van der Waals surface area contributed by atoms with Crippen LogP contribution in [-0.4, -0.2) is 37.7 Å². The van der Waals surface area contributed by atoms with Gasteiger partial charge in [-0.1, -0.05) is 20.3 Å². The number of benzene rings is 1. The second kappa shape index (κ2) is 8.44. The van der Waals surface area contributed by atoms with Crippen LogP contribution >= 0.6 is 0 Å². The van der Waals surface area contributed by atoms with Gasteiger partial charge in [-0.2, -0.15) is 0 Å². The fourth-order valence-electron chi connectivity index (χ4n) is 1.73. The summed E-state index contributed by atoms with van der Waals surface area (Å²) < 4.78 is 31.1. The molecule has 1 aromatic rings. The lowest BCUT2D eigenvalue weighted by molar-refractivity contribution is 0.198. The van der Waals surface area contributed by atoms with Crippen molar-refractivity contribution in [3.8, 4) is 5.75 Å². The maximum Gasteiger partial charge on any atom is 0.317 e. The maximum absolute atomic E-state index is 13.3. The molecule has 2 amide bonds. The van der Waals surface area contributed by atoms with Crippen LogP contribution in [0, 0.1) is 17.6 Å². The Balaban J connectivity index is 2.28. The predicted octanol–water partition coefficient (Wildman–Crippen LogP) is 3.03. The van der Waals surface area contributed by atoms with Crippen LogP contribution in [0.15, 0.2) is 18.2 Å². The Kier molecular flexibility index (Phi) is 6.91. The maximum atomic E-state index is 13.3. The molecule has 1 unspecified atom stereocenters. The fourth-order valence-corrected chi connectivity index (χ4v) is 1.73. The highest BCUT2D eigenvalue weighted by Gasteiger charge is 2.11. The molecular weight excluding hydrogens is 278 g/mol. The highest BCUT2D eigenvalue weighted by atomic mass is 19.1. The van der Waals surface area contributed by atoms with Crippen molar-refractivity contribution in [1.82, 2.24) is 10.2 Å². The zero-order valence-corrected chi connectivity index (χ0v) is 12.7. The summed E-state index contributed by atoms with van der Waals surface area (Å²) in [5.41, 5.74) is 0. The number of hydrogen-bond donors (Lipinski definition) is 1. The molecule has 0 saturated heterocycles. The van der Waals surface area contributed by atoms with Crippen LogP contribution in [-0.2, 0) is 0 Å². The van der Waals surface area contributed by atoms with Crippen molar-refractivity contribution < 1.29 is 18.3 Å². The molecule has 0 aliphatic carbocycles. The van der Waals surface area contributed by atoms with Crippen molar-refractivity contribution in [2.24, 2.45) is 5.92 Å². The predicted molar refractivity (Wildman–Crippen MR) is 77.3 cm³/mol. The fraction of sp³-hybridized carbons (Fsp3) is 0.533. The van der Waals surface area contributed by atoms with Gasteiger partial charge in [-0.05, 0) is 18.1 Å². The van der Waals surface area contributed by atoms with Crippen LogP contribution in [0.25, 0.3) is 0 Å². The number of amides is 2. The summed E-state index contributed by atoms with van der Waals surface area (Å²) >= 11 is 0. The van der Waals surface area contributed by atoms with Crippen LogP contribution in [0.4, 0.5) is 13.6 Å². The molecule has 118 valence electrons. The number of ether oxygens (including phenoxy) is 1. The minimum absolute atomic E-state index is 0.0291. The minimum atomic E-state index is -0.754. The topological polar surface area (TPSA) is 41.6 Å². The monoisotopic (exact) mass is 300 g/mol. The summed E-state index contributed by atoms with van der Waals surface area (Å²) in [5.74, 6) is -1.00. The van der Waals surface area contributed by atoms with Crippen molar-refractivity contribution in [3.63, 3.8) is 0 Å². The van der Waals surface area contributed by atoms with E-state index in [9.17, 15) is 13.6 Å². The number of nitrogens with zero attached hydrogens (tertiary/aromatic N) is 1. The molecule has 1 N–H and O–H groups in total. The lowest BCUT2D eigenvalue weighted by atomic mass is 10.1. The second-order valence-electron chi connectivity index (χ2n) is 5.05. The van der Waals surface area contributed by atoms with Gasteiger partial charge in [-0.3, -0.25) is 0 Å². The van der Waals surface area contributed by atoms with Crippen molar-refractivity contribution in [2.75, 3.05) is 26.7 Å². The van der Waals surface area contributed by atoms with Gasteiger partial charge in [-0.25, -0.2) is 13.6 Å². The molecule has 1 aromatic carbocycles. The average Bonchev–Trinajstić information content (AvgIpc) is 2.44. The van der Waals surface area contributed by atoms with E-state index < -0.39 is 11.6 Å². The zero-order valence-electron chi connectivity index (χ0n) is 12.7. The van der Waals surface area contributed by atoms with Crippen molar-refractivity contribution in [2.45, 2.75) is 20.3 Å². The van der Waals surface area contributed by atoms with E-state index in [0.717, 1.165) is 18.6 Å². The molecule has 21 heavy (non-hydrogen) atoms.